The van der Waals surface area contributed by atoms with Gasteiger partial charge in [-0.2, -0.15) is 0 Å². The average Bonchev–Trinajstić information content (AvgIpc) is 2.66. The number of hydrogen-bond acceptors (Lipinski definition) is 3. The van der Waals surface area contributed by atoms with Crippen LogP contribution in [0.15, 0.2) is 60.7 Å². The van der Waals surface area contributed by atoms with Crippen LogP contribution in [0.25, 0.3) is 6.08 Å². The number of carbonyl (C=O) groups excluding carboxylic acids is 1. The topological polar surface area (TPSA) is 90.5 Å². The largest absolute Gasteiger partial charge is 0.478 e. The number of carbonyl (C=O) groups is 2. The van der Waals surface area contributed by atoms with Crippen LogP contribution >= 0.6 is 47.0 Å². The summed E-state index contributed by atoms with van der Waals surface area (Å²) >= 11 is 23.0. The molecule has 0 spiro atoms. The molecule has 2 aromatic carbocycles. The summed E-state index contributed by atoms with van der Waals surface area (Å²) in [6, 6.07) is 15.1. The van der Waals surface area contributed by atoms with Crippen molar-refractivity contribution in [3.63, 3.8) is 0 Å². The fourth-order valence-corrected chi connectivity index (χ4v) is 2.68. The number of hydrogen-bond donors (Lipinski definition) is 4. The predicted octanol–water partition coefficient (Wildman–Crippen LogP) is 4.20. The van der Waals surface area contributed by atoms with Gasteiger partial charge in [-0.3, -0.25) is 4.79 Å². The van der Waals surface area contributed by atoms with Gasteiger partial charge in [-0.25, -0.2) is 4.79 Å². The molecule has 0 aliphatic heterocycles. The molecule has 0 fully saturated rings. The molecule has 6 nitrogen and oxygen atoms in total. The lowest BCUT2D eigenvalue weighted by atomic mass is 10.2. The second-order valence-electron chi connectivity index (χ2n) is 5.71. The van der Waals surface area contributed by atoms with Crippen LogP contribution in [0.4, 0.5) is 5.69 Å². The minimum Gasteiger partial charge on any atom is -0.478 e. The predicted molar refractivity (Wildman–Crippen MR) is 120 cm³/mol. The van der Waals surface area contributed by atoms with Crippen LogP contribution in [0, 0.1) is 0 Å². The summed E-state index contributed by atoms with van der Waals surface area (Å²) in [6.07, 6.45) is 1.80. The van der Waals surface area contributed by atoms with Gasteiger partial charge in [-0.05, 0) is 48.1 Å². The highest BCUT2D eigenvalue weighted by atomic mass is 35.6. The molecule has 0 radical (unpaired) electrons. The molecule has 2 aromatic rings. The van der Waals surface area contributed by atoms with E-state index in [1.165, 1.54) is 30.3 Å². The van der Waals surface area contributed by atoms with Crippen LogP contribution in [-0.2, 0) is 4.79 Å². The van der Waals surface area contributed by atoms with Gasteiger partial charge in [-0.1, -0.05) is 65.1 Å². The maximum absolute atomic E-state index is 12.2. The zero-order valence-electron chi connectivity index (χ0n) is 14.7. The molecule has 29 heavy (non-hydrogen) atoms. The maximum Gasteiger partial charge on any atom is 0.335 e. The molecule has 0 aliphatic carbocycles. The highest BCUT2D eigenvalue weighted by molar-refractivity contribution is 7.80. The minimum absolute atomic E-state index is 0.0664. The van der Waals surface area contributed by atoms with E-state index >= 15 is 0 Å². The van der Waals surface area contributed by atoms with E-state index in [2.05, 4.69) is 16.0 Å². The second kappa shape index (κ2) is 10.5. The average molecular weight is 473 g/mol. The Hall–Kier alpha value is -2.32. The molecule has 0 unspecified atom stereocenters. The van der Waals surface area contributed by atoms with E-state index in [1.54, 1.807) is 6.08 Å². The van der Waals surface area contributed by atoms with Crippen molar-refractivity contribution in [2.75, 3.05) is 5.32 Å². The third-order valence-corrected chi connectivity index (χ3v) is 4.38. The summed E-state index contributed by atoms with van der Waals surface area (Å²) in [6.45, 7) is 0. The van der Waals surface area contributed by atoms with Gasteiger partial charge < -0.3 is 21.1 Å². The summed E-state index contributed by atoms with van der Waals surface area (Å²) in [5, 5.41) is 17.1. The van der Waals surface area contributed by atoms with Crippen molar-refractivity contribution in [1.29, 1.82) is 0 Å². The molecular formula is C19H16Cl3N3O3S. The van der Waals surface area contributed by atoms with E-state index in [9.17, 15) is 9.59 Å². The first-order valence-corrected chi connectivity index (χ1v) is 9.70. The molecule has 0 aromatic heterocycles. The van der Waals surface area contributed by atoms with E-state index in [4.69, 9.17) is 52.1 Å². The SMILES string of the molecule is O=C(/C=C/c1ccccc1)N[C@@H](NC(=S)Nc1ccc(C(=O)O)cc1)C(Cl)(Cl)Cl. The number of carboxylic acids is 1. The highest BCUT2D eigenvalue weighted by Crippen LogP contribution is 2.29. The molecule has 0 aliphatic rings. The van der Waals surface area contributed by atoms with Gasteiger partial charge in [0.05, 0.1) is 5.56 Å². The van der Waals surface area contributed by atoms with Gasteiger partial charge >= 0.3 is 5.97 Å². The lowest BCUT2D eigenvalue weighted by molar-refractivity contribution is -0.117. The number of nitrogens with one attached hydrogen (secondary N) is 3. The van der Waals surface area contributed by atoms with Crippen molar-refractivity contribution in [2.45, 2.75) is 9.96 Å². The van der Waals surface area contributed by atoms with Gasteiger partial charge in [0.2, 0.25) is 9.70 Å². The van der Waals surface area contributed by atoms with E-state index in [0.717, 1.165) is 5.56 Å². The van der Waals surface area contributed by atoms with Crippen LogP contribution in [0.3, 0.4) is 0 Å². The zero-order chi connectivity index (χ0) is 21.4. The van der Waals surface area contributed by atoms with Gasteiger partial charge in [0, 0.05) is 11.8 Å². The van der Waals surface area contributed by atoms with Crippen molar-refractivity contribution >= 4 is 75.8 Å². The quantitative estimate of drug-likeness (QED) is 0.218. The number of thiocarbonyl (C=S) groups is 1. The maximum atomic E-state index is 12.2. The Morgan fingerprint density at radius 3 is 2.17 bits per heavy atom. The molecule has 152 valence electrons. The van der Waals surface area contributed by atoms with Gasteiger partial charge in [0.1, 0.15) is 6.17 Å². The first-order valence-electron chi connectivity index (χ1n) is 8.16. The monoisotopic (exact) mass is 471 g/mol. The Kier molecular flexibility index (Phi) is 8.28. The Bertz CT molecular complexity index is 900. The number of benzene rings is 2. The number of rotatable bonds is 6. The standard InChI is InChI=1S/C19H16Cl3N3O3S/c20-19(21,22)17(24-15(26)11-6-12-4-2-1-3-5-12)25-18(29)23-14-9-7-13(8-10-14)16(27)28/h1-11,17H,(H,24,26)(H,27,28)(H2,23,25,29)/b11-6+/t17-/m0/s1. The smallest absolute Gasteiger partial charge is 0.335 e. The van der Waals surface area contributed by atoms with Gasteiger partial charge in [-0.15, -0.1) is 0 Å². The summed E-state index contributed by atoms with van der Waals surface area (Å²) in [5.74, 6) is -1.54. The molecule has 2 rings (SSSR count). The zero-order valence-corrected chi connectivity index (χ0v) is 17.8. The molecule has 0 bridgehead atoms. The lowest BCUT2D eigenvalue weighted by Gasteiger charge is -2.27. The van der Waals surface area contributed by atoms with Crippen LogP contribution in [0.5, 0.6) is 0 Å². The number of alkyl halides is 3. The molecule has 1 amide bonds. The molecule has 0 heterocycles. The molecule has 0 saturated heterocycles. The Balaban J connectivity index is 1.98. The third kappa shape index (κ3) is 7.91. The number of aromatic carboxylic acids is 1. The Morgan fingerprint density at radius 2 is 1.62 bits per heavy atom. The van der Waals surface area contributed by atoms with Crippen LogP contribution in [0.1, 0.15) is 15.9 Å². The molecular weight excluding hydrogens is 457 g/mol. The first kappa shape index (κ1) is 23.0. The van der Waals surface area contributed by atoms with Crippen molar-refractivity contribution in [3.05, 3.63) is 71.8 Å². The van der Waals surface area contributed by atoms with E-state index in [0.29, 0.717) is 5.69 Å². The summed E-state index contributed by atoms with van der Waals surface area (Å²) in [7, 11) is 0. The minimum atomic E-state index is -1.89. The van der Waals surface area contributed by atoms with Crippen molar-refractivity contribution in [1.82, 2.24) is 10.6 Å². The van der Waals surface area contributed by atoms with Crippen molar-refractivity contribution in [2.24, 2.45) is 0 Å². The summed E-state index contributed by atoms with van der Waals surface area (Å²) in [4.78, 5) is 23.1. The van der Waals surface area contributed by atoms with Crippen LogP contribution in [0.2, 0.25) is 0 Å². The summed E-state index contributed by atoms with van der Waals surface area (Å²) in [5.41, 5.74) is 1.49. The Labute approximate surface area is 187 Å². The van der Waals surface area contributed by atoms with Crippen LogP contribution in [-0.4, -0.2) is 32.1 Å². The molecule has 0 saturated carbocycles. The summed E-state index contributed by atoms with van der Waals surface area (Å²) < 4.78 is -1.89. The fourth-order valence-electron chi connectivity index (χ4n) is 2.12. The van der Waals surface area contributed by atoms with Gasteiger partial charge in [0.15, 0.2) is 5.11 Å². The molecule has 1 atom stereocenters. The number of amides is 1. The third-order valence-electron chi connectivity index (χ3n) is 3.51. The number of anilines is 1. The fraction of sp³-hybridized carbons (Fsp3) is 0.105. The van der Waals surface area contributed by atoms with E-state index in [1.807, 2.05) is 30.3 Å². The second-order valence-corrected chi connectivity index (χ2v) is 8.49. The van der Waals surface area contributed by atoms with Crippen LogP contribution < -0.4 is 16.0 Å². The van der Waals surface area contributed by atoms with E-state index in [-0.39, 0.29) is 10.7 Å². The molecule has 4 N–H and O–H groups in total. The van der Waals surface area contributed by atoms with Gasteiger partial charge in [0.25, 0.3) is 0 Å². The lowest BCUT2D eigenvalue weighted by Crippen LogP contribution is -2.55. The highest BCUT2D eigenvalue weighted by Gasteiger charge is 2.34. The Morgan fingerprint density at radius 1 is 1.00 bits per heavy atom. The molecule has 10 heteroatoms. The van der Waals surface area contributed by atoms with E-state index < -0.39 is 21.8 Å². The van der Waals surface area contributed by atoms with Crippen molar-refractivity contribution < 1.29 is 14.7 Å². The number of halogens is 3. The normalized spacial score (nSPS) is 12.2. The number of carboxylic acid groups (broad SMARTS) is 1. The van der Waals surface area contributed by atoms with Crippen molar-refractivity contribution in [3.8, 4) is 0 Å². The first-order chi connectivity index (χ1) is 13.6.